The van der Waals surface area contributed by atoms with Crippen molar-refractivity contribution in [1.29, 1.82) is 0 Å². The number of nitrogens with zero attached hydrogens (tertiary/aromatic N) is 2. The third-order valence-corrected chi connectivity index (χ3v) is 5.12. The molecule has 4 heteroatoms. The summed E-state index contributed by atoms with van der Waals surface area (Å²) in [6.45, 7) is 1.75. The van der Waals surface area contributed by atoms with Crippen molar-refractivity contribution in [2.75, 3.05) is 20.1 Å². The van der Waals surface area contributed by atoms with Crippen molar-refractivity contribution in [3.63, 3.8) is 0 Å². The van der Waals surface area contributed by atoms with Crippen LogP contribution in [0.1, 0.15) is 37.3 Å². The molecule has 2 N–H and O–H groups in total. The van der Waals surface area contributed by atoms with Gasteiger partial charge in [0.25, 0.3) is 0 Å². The van der Waals surface area contributed by atoms with Crippen molar-refractivity contribution in [2.24, 2.45) is 5.73 Å². The minimum absolute atomic E-state index is 0.197. The zero-order valence-corrected chi connectivity index (χ0v) is 12.7. The third kappa shape index (κ3) is 3.11. The average molecular weight is 287 g/mol. The molecule has 2 saturated heterocycles. The lowest BCUT2D eigenvalue weighted by atomic mass is 10.0. The van der Waals surface area contributed by atoms with E-state index in [-0.39, 0.29) is 11.9 Å². The molecule has 1 aromatic rings. The second-order valence-corrected chi connectivity index (χ2v) is 6.40. The van der Waals surface area contributed by atoms with Crippen LogP contribution in [0, 0.1) is 0 Å². The van der Waals surface area contributed by atoms with E-state index in [9.17, 15) is 4.79 Å². The highest BCUT2D eigenvalue weighted by Crippen LogP contribution is 2.29. The summed E-state index contributed by atoms with van der Waals surface area (Å²) in [5.74, 6) is 0.201. The molecule has 114 valence electrons. The molecular formula is C17H25N3O. The normalized spacial score (nSPS) is 27.4. The molecule has 0 saturated carbocycles. The summed E-state index contributed by atoms with van der Waals surface area (Å²) in [6, 6.07) is 10.9. The molecule has 0 spiro atoms. The topological polar surface area (TPSA) is 49.6 Å². The van der Waals surface area contributed by atoms with Crippen LogP contribution in [0.5, 0.6) is 0 Å². The van der Waals surface area contributed by atoms with Crippen LogP contribution in [0.2, 0.25) is 0 Å². The molecule has 3 unspecified atom stereocenters. The minimum atomic E-state index is -0.197. The summed E-state index contributed by atoms with van der Waals surface area (Å²) >= 11 is 0. The lowest BCUT2D eigenvalue weighted by molar-refractivity contribution is -0.131. The highest BCUT2D eigenvalue weighted by molar-refractivity contribution is 5.77. The zero-order chi connectivity index (χ0) is 14.8. The van der Waals surface area contributed by atoms with Crippen LogP contribution in [-0.4, -0.2) is 47.9 Å². The fourth-order valence-electron chi connectivity index (χ4n) is 3.67. The van der Waals surface area contributed by atoms with Crippen LogP contribution in [-0.2, 0) is 4.79 Å². The molecule has 1 aromatic carbocycles. The van der Waals surface area contributed by atoms with E-state index in [1.54, 1.807) is 0 Å². The quantitative estimate of drug-likeness (QED) is 0.922. The van der Waals surface area contributed by atoms with Gasteiger partial charge in [-0.2, -0.15) is 0 Å². The molecule has 2 heterocycles. The van der Waals surface area contributed by atoms with Gasteiger partial charge in [-0.15, -0.1) is 0 Å². The first-order chi connectivity index (χ1) is 10.1. The molecule has 4 nitrogen and oxygen atoms in total. The van der Waals surface area contributed by atoms with Crippen LogP contribution < -0.4 is 5.73 Å². The molecule has 3 rings (SSSR count). The maximum absolute atomic E-state index is 12.5. The van der Waals surface area contributed by atoms with Gasteiger partial charge in [-0.05, 0) is 31.9 Å². The van der Waals surface area contributed by atoms with Crippen LogP contribution in [0.4, 0.5) is 0 Å². The number of hydrogen-bond acceptors (Lipinski definition) is 3. The molecule has 0 aromatic heterocycles. The van der Waals surface area contributed by atoms with E-state index in [1.165, 1.54) is 12.8 Å². The van der Waals surface area contributed by atoms with Gasteiger partial charge in [0.15, 0.2) is 0 Å². The van der Waals surface area contributed by atoms with Gasteiger partial charge in [0.05, 0.1) is 0 Å². The lowest BCUT2D eigenvalue weighted by Gasteiger charge is -2.27. The summed E-state index contributed by atoms with van der Waals surface area (Å²) in [4.78, 5) is 17.0. The van der Waals surface area contributed by atoms with E-state index in [0.29, 0.717) is 18.5 Å². The van der Waals surface area contributed by atoms with E-state index in [2.05, 4.69) is 11.9 Å². The molecule has 2 aliphatic heterocycles. The number of nitrogens with two attached hydrogens (primary N) is 1. The molecule has 3 atom stereocenters. The molecule has 2 aliphatic rings. The first kappa shape index (κ1) is 14.5. The summed E-state index contributed by atoms with van der Waals surface area (Å²) in [6.07, 6.45) is 4.01. The number of rotatable bonds is 3. The van der Waals surface area contributed by atoms with Gasteiger partial charge in [0.1, 0.15) is 0 Å². The second kappa shape index (κ2) is 6.16. The van der Waals surface area contributed by atoms with E-state index in [0.717, 1.165) is 25.1 Å². The maximum Gasteiger partial charge on any atom is 0.224 e. The number of hydrogen-bond donors (Lipinski definition) is 1. The molecule has 0 radical (unpaired) electrons. The molecule has 21 heavy (non-hydrogen) atoms. The largest absolute Gasteiger partial charge is 0.341 e. The van der Waals surface area contributed by atoms with Crippen molar-refractivity contribution in [3.8, 4) is 0 Å². The predicted molar refractivity (Wildman–Crippen MR) is 83.8 cm³/mol. The zero-order valence-electron chi connectivity index (χ0n) is 12.7. The first-order valence-electron chi connectivity index (χ1n) is 7.95. The number of likely N-dealkylation sites (N-methyl/N-ethyl adjacent to an activating group) is 1. The number of amides is 1. The van der Waals surface area contributed by atoms with E-state index in [4.69, 9.17) is 5.73 Å². The molecule has 2 fully saturated rings. The standard InChI is InChI=1S/C17H25N3O/c1-19-14-7-8-15(19)12-20(10-9-14)17(21)11-16(18)13-5-3-2-4-6-13/h2-6,14-16H,7-12,18H2,1H3. The Bertz CT molecular complexity index is 490. The minimum Gasteiger partial charge on any atom is -0.341 e. The fourth-order valence-corrected chi connectivity index (χ4v) is 3.67. The van der Waals surface area contributed by atoms with Crippen molar-refractivity contribution in [1.82, 2.24) is 9.80 Å². The number of carbonyl (C=O) groups excluding carboxylic acids is 1. The van der Waals surface area contributed by atoms with Gasteiger partial charge in [0, 0.05) is 37.6 Å². The van der Waals surface area contributed by atoms with Crippen LogP contribution >= 0.6 is 0 Å². The number of likely N-dealkylation sites (tertiary alicyclic amines) is 1. The Morgan fingerprint density at radius 1 is 1.24 bits per heavy atom. The SMILES string of the molecule is CN1C2CCC1CN(C(=O)CC(N)c1ccccc1)CC2. The third-order valence-electron chi connectivity index (χ3n) is 5.12. The Morgan fingerprint density at radius 2 is 1.95 bits per heavy atom. The number of carbonyl (C=O) groups is 1. The summed E-state index contributed by atoms with van der Waals surface area (Å²) in [5.41, 5.74) is 7.23. The maximum atomic E-state index is 12.5. The Hall–Kier alpha value is -1.39. The van der Waals surface area contributed by atoms with Crippen molar-refractivity contribution in [2.45, 2.75) is 43.8 Å². The Labute approximate surface area is 126 Å². The van der Waals surface area contributed by atoms with Gasteiger partial charge >= 0.3 is 0 Å². The first-order valence-corrected chi connectivity index (χ1v) is 7.95. The van der Waals surface area contributed by atoms with Crippen molar-refractivity contribution < 1.29 is 4.79 Å². The van der Waals surface area contributed by atoms with E-state index < -0.39 is 0 Å². The molecule has 1 amide bonds. The monoisotopic (exact) mass is 287 g/mol. The summed E-state index contributed by atoms with van der Waals surface area (Å²) in [5, 5.41) is 0. The predicted octanol–water partition coefficient (Wildman–Crippen LogP) is 1.77. The average Bonchev–Trinajstić information content (AvgIpc) is 2.72. The van der Waals surface area contributed by atoms with Gasteiger partial charge < -0.3 is 10.6 Å². The molecule has 2 bridgehead atoms. The fraction of sp³-hybridized carbons (Fsp3) is 0.588. The van der Waals surface area contributed by atoms with Gasteiger partial charge in [-0.25, -0.2) is 0 Å². The Morgan fingerprint density at radius 3 is 2.71 bits per heavy atom. The highest BCUT2D eigenvalue weighted by Gasteiger charge is 2.36. The van der Waals surface area contributed by atoms with Gasteiger partial charge in [-0.3, -0.25) is 9.69 Å². The number of benzene rings is 1. The van der Waals surface area contributed by atoms with E-state index >= 15 is 0 Å². The Balaban J connectivity index is 1.61. The second-order valence-electron chi connectivity index (χ2n) is 6.40. The lowest BCUT2D eigenvalue weighted by Crippen LogP contribution is -2.40. The highest BCUT2D eigenvalue weighted by atomic mass is 16.2. The van der Waals surface area contributed by atoms with E-state index in [1.807, 2.05) is 35.2 Å². The summed E-state index contributed by atoms with van der Waals surface area (Å²) in [7, 11) is 2.20. The smallest absolute Gasteiger partial charge is 0.224 e. The molecule has 0 aliphatic carbocycles. The van der Waals surface area contributed by atoms with Crippen LogP contribution in [0.3, 0.4) is 0 Å². The Kier molecular flexibility index (Phi) is 4.27. The number of fused-ring (bicyclic) bond motifs is 2. The molecular weight excluding hydrogens is 262 g/mol. The van der Waals surface area contributed by atoms with Gasteiger partial charge in [-0.1, -0.05) is 30.3 Å². The van der Waals surface area contributed by atoms with Crippen LogP contribution in [0.15, 0.2) is 30.3 Å². The van der Waals surface area contributed by atoms with Crippen molar-refractivity contribution >= 4 is 5.91 Å². The van der Waals surface area contributed by atoms with Crippen LogP contribution in [0.25, 0.3) is 0 Å². The van der Waals surface area contributed by atoms with Gasteiger partial charge in [0.2, 0.25) is 5.91 Å². The van der Waals surface area contributed by atoms with Crippen molar-refractivity contribution in [3.05, 3.63) is 35.9 Å². The summed E-state index contributed by atoms with van der Waals surface area (Å²) < 4.78 is 0.